The molecular weight excluding hydrogens is 300 g/mol. The van der Waals surface area contributed by atoms with Gasteiger partial charge in [-0.25, -0.2) is 4.79 Å². The Labute approximate surface area is 131 Å². The van der Waals surface area contributed by atoms with E-state index in [1.165, 1.54) is 21.0 Å². The highest BCUT2D eigenvalue weighted by Crippen LogP contribution is 2.24. The molecule has 0 aliphatic rings. The third kappa shape index (κ3) is 3.20. The van der Waals surface area contributed by atoms with Gasteiger partial charge in [0.15, 0.2) is 0 Å². The molecule has 2 rings (SSSR count). The van der Waals surface area contributed by atoms with Gasteiger partial charge in [-0.1, -0.05) is 12.1 Å². The van der Waals surface area contributed by atoms with Crippen LogP contribution in [0, 0.1) is 0 Å². The van der Waals surface area contributed by atoms with E-state index in [0.717, 1.165) is 15.3 Å². The van der Waals surface area contributed by atoms with Gasteiger partial charge in [0.25, 0.3) is 5.56 Å². The smallest absolute Gasteiger partial charge is 0.333 e. The van der Waals surface area contributed by atoms with Crippen LogP contribution in [0.2, 0.25) is 0 Å². The number of aromatic nitrogens is 2. The number of amides is 1. The number of nitrogens with zero attached hydrogens (tertiary/aromatic N) is 3. The predicted octanol–water partition coefficient (Wildman–Crippen LogP) is 0.499. The third-order valence-electron chi connectivity index (χ3n) is 3.21. The Morgan fingerprint density at radius 3 is 2.52 bits per heavy atom. The van der Waals surface area contributed by atoms with Crippen molar-refractivity contribution in [2.24, 2.45) is 19.1 Å². The largest absolute Gasteiger partial charge is 0.494 e. The fourth-order valence-corrected chi connectivity index (χ4v) is 1.99. The second-order valence-electron chi connectivity index (χ2n) is 4.90. The molecule has 8 heteroatoms. The van der Waals surface area contributed by atoms with Gasteiger partial charge in [0.2, 0.25) is 11.8 Å². The summed E-state index contributed by atoms with van der Waals surface area (Å²) in [5, 5.41) is 12.6. The van der Waals surface area contributed by atoms with Crippen molar-refractivity contribution < 1.29 is 9.90 Å². The highest BCUT2D eigenvalue weighted by Gasteiger charge is 2.13. The molecule has 0 radical (unpaired) electrons. The topological polar surface area (TPSA) is 106 Å². The molecule has 0 spiro atoms. The monoisotopic (exact) mass is 316 g/mol. The molecule has 0 aliphatic carbocycles. The lowest BCUT2D eigenvalue weighted by Gasteiger charge is -2.08. The number of para-hydroxylation sites is 2. The van der Waals surface area contributed by atoms with Crippen molar-refractivity contribution in [1.29, 1.82) is 0 Å². The Morgan fingerprint density at radius 2 is 1.87 bits per heavy atom. The standard InChI is InChI=1S/C15H16N4O4/c1-9(20)17-12-7-5-4-6-11(12)16-8-10-13(21)18(2)15(23)19(3)14(10)22/h4-8,21H,1-3H3,(H,17,20). The molecule has 23 heavy (non-hydrogen) atoms. The van der Waals surface area contributed by atoms with Crippen molar-refractivity contribution in [3.05, 3.63) is 50.7 Å². The van der Waals surface area contributed by atoms with Crippen LogP contribution in [0.4, 0.5) is 11.4 Å². The fraction of sp³-hybridized carbons (Fsp3) is 0.200. The first kappa shape index (κ1) is 16.2. The maximum absolute atomic E-state index is 12.1. The quantitative estimate of drug-likeness (QED) is 0.804. The Bertz CT molecular complexity index is 909. The molecule has 1 amide bonds. The Balaban J connectivity index is 2.53. The summed E-state index contributed by atoms with van der Waals surface area (Å²) >= 11 is 0. The minimum atomic E-state index is -0.661. The van der Waals surface area contributed by atoms with E-state index in [1.54, 1.807) is 24.3 Å². The second-order valence-corrected chi connectivity index (χ2v) is 4.90. The molecule has 120 valence electrons. The summed E-state index contributed by atoms with van der Waals surface area (Å²) in [6, 6.07) is 6.75. The number of hydrogen-bond acceptors (Lipinski definition) is 5. The highest BCUT2D eigenvalue weighted by molar-refractivity contribution is 5.93. The molecular formula is C15H16N4O4. The van der Waals surface area contributed by atoms with E-state index in [2.05, 4.69) is 10.3 Å². The van der Waals surface area contributed by atoms with Crippen molar-refractivity contribution in [2.75, 3.05) is 5.32 Å². The first-order valence-electron chi connectivity index (χ1n) is 6.72. The number of hydrogen-bond donors (Lipinski definition) is 2. The SMILES string of the molecule is CC(=O)Nc1ccccc1N=Cc1c(O)n(C)c(=O)n(C)c1=O. The summed E-state index contributed by atoms with van der Waals surface area (Å²) in [6.45, 7) is 1.37. The molecule has 2 N–H and O–H groups in total. The number of rotatable bonds is 3. The molecule has 1 heterocycles. The molecule has 1 aromatic carbocycles. The number of carbonyl (C=O) groups excluding carboxylic acids is 1. The molecule has 8 nitrogen and oxygen atoms in total. The summed E-state index contributed by atoms with van der Waals surface area (Å²) in [5.74, 6) is -0.729. The van der Waals surface area contributed by atoms with Crippen molar-refractivity contribution in [3.8, 4) is 5.88 Å². The van der Waals surface area contributed by atoms with Crippen molar-refractivity contribution >= 4 is 23.5 Å². The Kier molecular flexibility index (Phi) is 4.44. The highest BCUT2D eigenvalue weighted by atomic mass is 16.3. The van der Waals surface area contributed by atoms with E-state index in [1.807, 2.05) is 0 Å². The van der Waals surface area contributed by atoms with Gasteiger partial charge in [0.05, 0.1) is 11.4 Å². The van der Waals surface area contributed by atoms with Crippen molar-refractivity contribution in [2.45, 2.75) is 6.92 Å². The van der Waals surface area contributed by atoms with Gasteiger partial charge < -0.3 is 10.4 Å². The molecule has 0 aliphatic heterocycles. The van der Waals surface area contributed by atoms with E-state index in [-0.39, 0.29) is 11.5 Å². The number of carbonyl (C=O) groups is 1. The van der Waals surface area contributed by atoms with Crippen molar-refractivity contribution in [1.82, 2.24) is 9.13 Å². The van der Waals surface area contributed by atoms with E-state index in [4.69, 9.17) is 0 Å². The summed E-state index contributed by atoms with van der Waals surface area (Å²) in [6.07, 6.45) is 1.16. The van der Waals surface area contributed by atoms with Gasteiger partial charge >= 0.3 is 5.69 Å². The van der Waals surface area contributed by atoms with Gasteiger partial charge in [-0.05, 0) is 12.1 Å². The zero-order valence-electron chi connectivity index (χ0n) is 12.9. The number of anilines is 1. The van der Waals surface area contributed by atoms with E-state index >= 15 is 0 Å². The van der Waals surface area contributed by atoms with Gasteiger partial charge in [0.1, 0.15) is 5.56 Å². The Hall–Kier alpha value is -3.16. The molecule has 0 saturated carbocycles. The summed E-state index contributed by atoms with van der Waals surface area (Å²) in [4.78, 5) is 39.1. The Morgan fingerprint density at radius 1 is 1.22 bits per heavy atom. The number of benzene rings is 1. The van der Waals surface area contributed by atoms with Crippen LogP contribution in [0.5, 0.6) is 5.88 Å². The maximum atomic E-state index is 12.1. The second kappa shape index (κ2) is 6.30. The summed E-state index contributed by atoms with van der Waals surface area (Å²) < 4.78 is 1.82. The molecule has 0 bridgehead atoms. The van der Waals surface area contributed by atoms with E-state index in [0.29, 0.717) is 11.4 Å². The molecule has 0 atom stereocenters. The fourth-order valence-electron chi connectivity index (χ4n) is 1.99. The predicted molar refractivity (Wildman–Crippen MR) is 86.6 cm³/mol. The maximum Gasteiger partial charge on any atom is 0.333 e. The summed E-state index contributed by atoms with van der Waals surface area (Å²) in [5.41, 5.74) is -0.530. The van der Waals surface area contributed by atoms with Gasteiger partial charge in [-0.2, -0.15) is 0 Å². The molecule has 0 unspecified atom stereocenters. The molecule has 0 fully saturated rings. The van der Waals surface area contributed by atoms with Crippen LogP contribution in [0.1, 0.15) is 12.5 Å². The molecule has 0 saturated heterocycles. The number of nitrogens with one attached hydrogen (secondary N) is 1. The normalized spacial score (nSPS) is 10.9. The van der Waals surface area contributed by atoms with E-state index < -0.39 is 17.1 Å². The van der Waals surface area contributed by atoms with Gasteiger partial charge in [-0.3, -0.25) is 23.7 Å². The summed E-state index contributed by atoms with van der Waals surface area (Å²) in [7, 11) is 2.66. The zero-order chi connectivity index (χ0) is 17.1. The van der Waals surface area contributed by atoms with E-state index in [9.17, 15) is 19.5 Å². The lowest BCUT2D eigenvalue weighted by molar-refractivity contribution is -0.114. The van der Waals surface area contributed by atoms with Gasteiger partial charge in [-0.15, -0.1) is 0 Å². The lowest BCUT2D eigenvalue weighted by atomic mass is 10.2. The van der Waals surface area contributed by atoms with Crippen LogP contribution in [0.25, 0.3) is 0 Å². The van der Waals surface area contributed by atoms with Gasteiger partial charge in [0, 0.05) is 27.2 Å². The van der Waals surface area contributed by atoms with Crippen LogP contribution >= 0.6 is 0 Å². The zero-order valence-corrected chi connectivity index (χ0v) is 12.9. The lowest BCUT2D eigenvalue weighted by Crippen LogP contribution is -2.38. The number of aromatic hydroxyl groups is 1. The van der Waals surface area contributed by atoms with Crippen molar-refractivity contribution in [3.63, 3.8) is 0 Å². The third-order valence-corrected chi connectivity index (χ3v) is 3.21. The first-order chi connectivity index (χ1) is 10.8. The molecule has 1 aromatic heterocycles. The minimum Gasteiger partial charge on any atom is -0.494 e. The molecule has 2 aromatic rings. The van der Waals surface area contributed by atoms with Crippen LogP contribution < -0.4 is 16.6 Å². The van der Waals surface area contributed by atoms with Crippen LogP contribution in [-0.4, -0.2) is 26.4 Å². The van der Waals surface area contributed by atoms with Crippen LogP contribution in [0.3, 0.4) is 0 Å². The van der Waals surface area contributed by atoms with Crippen LogP contribution in [-0.2, 0) is 18.9 Å². The van der Waals surface area contributed by atoms with Crippen LogP contribution in [0.15, 0.2) is 38.8 Å². The minimum absolute atomic E-state index is 0.118. The average molecular weight is 316 g/mol. The number of aliphatic imine (C=N–C) groups is 1. The average Bonchev–Trinajstić information content (AvgIpc) is 2.52. The first-order valence-corrected chi connectivity index (χ1v) is 6.72.